The van der Waals surface area contributed by atoms with Crippen LogP contribution in [-0.2, 0) is 18.3 Å². The Bertz CT molecular complexity index is 630. The molecule has 0 atom stereocenters. The van der Waals surface area contributed by atoms with Crippen LogP contribution in [-0.4, -0.2) is 20.6 Å². The lowest BCUT2D eigenvalue weighted by Gasteiger charge is -2.08. The minimum Gasteiger partial charge on any atom is -0.481 e. The number of carboxylic acid groups (broad SMARTS) is 1. The SMILES string of the molecule is CC(C)c1ccc(-c2nc(Br)c(CC(=O)O)n2C)cc1. The topological polar surface area (TPSA) is 55.1 Å². The zero-order chi connectivity index (χ0) is 14.9. The Morgan fingerprint density at radius 3 is 2.45 bits per heavy atom. The molecule has 2 rings (SSSR count). The summed E-state index contributed by atoms with van der Waals surface area (Å²) in [4.78, 5) is 15.3. The predicted molar refractivity (Wildman–Crippen MR) is 81.8 cm³/mol. The molecule has 0 saturated carbocycles. The second-order valence-corrected chi connectivity index (χ2v) is 5.83. The molecule has 2 aromatic rings. The fourth-order valence-corrected chi connectivity index (χ4v) is 2.68. The molecule has 0 amide bonds. The number of benzene rings is 1. The third-order valence-electron chi connectivity index (χ3n) is 3.32. The molecule has 5 heteroatoms. The second kappa shape index (κ2) is 5.79. The fourth-order valence-electron chi connectivity index (χ4n) is 2.11. The van der Waals surface area contributed by atoms with Gasteiger partial charge in [0.05, 0.1) is 12.1 Å². The third-order valence-corrected chi connectivity index (χ3v) is 3.95. The van der Waals surface area contributed by atoms with Gasteiger partial charge < -0.3 is 9.67 Å². The van der Waals surface area contributed by atoms with Crippen molar-refractivity contribution in [3.05, 3.63) is 40.1 Å². The van der Waals surface area contributed by atoms with E-state index in [0.29, 0.717) is 16.2 Å². The van der Waals surface area contributed by atoms with Gasteiger partial charge in [-0.05, 0) is 27.4 Å². The van der Waals surface area contributed by atoms with Crippen LogP contribution in [0.2, 0.25) is 0 Å². The highest BCUT2D eigenvalue weighted by molar-refractivity contribution is 9.10. The summed E-state index contributed by atoms with van der Waals surface area (Å²) in [7, 11) is 1.84. The van der Waals surface area contributed by atoms with Gasteiger partial charge in [-0.3, -0.25) is 4.79 Å². The lowest BCUT2D eigenvalue weighted by molar-refractivity contribution is -0.136. The number of hydrogen-bond donors (Lipinski definition) is 1. The number of rotatable bonds is 4. The zero-order valence-electron chi connectivity index (χ0n) is 11.7. The van der Waals surface area contributed by atoms with Crippen molar-refractivity contribution in [2.24, 2.45) is 7.05 Å². The lowest BCUT2D eigenvalue weighted by Crippen LogP contribution is -2.06. The van der Waals surface area contributed by atoms with Crippen molar-refractivity contribution in [2.75, 3.05) is 0 Å². The Morgan fingerprint density at radius 2 is 1.95 bits per heavy atom. The van der Waals surface area contributed by atoms with Crippen LogP contribution in [0.25, 0.3) is 11.4 Å². The van der Waals surface area contributed by atoms with Gasteiger partial charge in [0.25, 0.3) is 0 Å². The Kier molecular flexibility index (Phi) is 4.28. The van der Waals surface area contributed by atoms with Crippen molar-refractivity contribution in [1.29, 1.82) is 0 Å². The summed E-state index contributed by atoms with van der Waals surface area (Å²) < 4.78 is 2.41. The highest BCUT2D eigenvalue weighted by atomic mass is 79.9. The van der Waals surface area contributed by atoms with Crippen molar-refractivity contribution in [3.8, 4) is 11.4 Å². The van der Waals surface area contributed by atoms with Gasteiger partial charge in [0.2, 0.25) is 0 Å². The van der Waals surface area contributed by atoms with E-state index >= 15 is 0 Å². The number of halogens is 1. The molecule has 0 saturated heterocycles. The molecule has 0 aliphatic rings. The molecule has 0 spiro atoms. The van der Waals surface area contributed by atoms with Gasteiger partial charge >= 0.3 is 5.97 Å². The summed E-state index contributed by atoms with van der Waals surface area (Å²) >= 11 is 3.34. The Balaban J connectivity index is 2.40. The molecule has 1 heterocycles. The Labute approximate surface area is 126 Å². The van der Waals surface area contributed by atoms with Crippen LogP contribution >= 0.6 is 15.9 Å². The van der Waals surface area contributed by atoms with Crippen molar-refractivity contribution >= 4 is 21.9 Å². The summed E-state index contributed by atoms with van der Waals surface area (Å²) in [6.07, 6.45) is -0.0475. The standard InChI is InChI=1S/C15H17BrN2O2/c1-9(2)10-4-6-11(7-5-10)15-17-14(16)12(18(15)3)8-13(19)20/h4-7,9H,8H2,1-3H3,(H,19,20). The van der Waals surface area contributed by atoms with Crippen LogP contribution in [0.3, 0.4) is 0 Å². The van der Waals surface area contributed by atoms with Gasteiger partial charge in [-0.25, -0.2) is 4.98 Å². The molecule has 1 aromatic carbocycles. The molecule has 4 nitrogen and oxygen atoms in total. The molecule has 1 aromatic heterocycles. The number of aromatic nitrogens is 2. The molecule has 1 N–H and O–H groups in total. The van der Waals surface area contributed by atoms with E-state index in [-0.39, 0.29) is 6.42 Å². The Morgan fingerprint density at radius 1 is 1.35 bits per heavy atom. The summed E-state index contributed by atoms with van der Waals surface area (Å²) in [6.45, 7) is 4.30. The quantitative estimate of drug-likeness (QED) is 0.927. The van der Waals surface area contributed by atoms with E-state index in [2.05, 4.69) is 46.9 Å². The van der Waals surface area contributed by atoms with Gasteiger partial charge in [0, 0.05) is 12.6 Å². The van der Waals surface area contributed by atoms with Crippen LogP contribution in [0.5, 0.6) is 0 Å². The number of nitrogens with zero attached hydrogens (tertiary/aromatic N) is 2. The molecule has 0 aliphatic carbocycles. The van der Waals surface area contributed by atoms with E-state index in [0.717, 1.165) is 11.4 Å². The first-order valence-electron chi connectivity index (χ1n) is 6.43. The summed E-state index contributed by atoms with van der Waals surface area (Å²) in [5, 5.41) is 8.93. The van der Waals surface area contributed by atoms with Gasteiger partial charge in [-0.15, -0.1) is 0 Å². The normalized spacial score (nSPS) is 11.1. The monoisotopic (exact) mass is 336 g/mol. The van der Waals surface area contributed by atoms with Crippen LogP contribution in [0.4, 0.5) is 0 Å². The van der Waals surface area contributed by atoms with Gasteiger partial charge in [-0.2, -0.15) is 0 Å². The molecule has 0 fully saturated rings. The van der Waals surface area contributed by atoms with Crippen LogP contribution < -0.4 is 0 Å². The molecular formula is C15H17BrN2O2. The van der Waals surface area contributed by atoms with Gasteiger partial charge in [-0.1, -0.05) is 38.1 Å². The molecule has 20 heavy (non-hydrogen) atoms. The maximum absolute atomic E-state index is 10.9. The van der Waals surface area contributed by atoms with Crippen LogP contribution in [0, 0.1) is 0 Å². The largest absolute Gasteiger partial charge is 0.481 e. The fraction of sp³-hybridized carbons (Fsp3) is 0.333. The van der Waals surface area contributed by atoms with Crippen molar-refractivity contribution in [2.45, 2.75) is 26.2 Å². The van der Waals surface area contributed by atoms with E-state index in [9.17, 15) is 4.79 Å². The molecule has 0 unspecified atom stereocenters. The molecular weight excluding hydrogens is 320 g/mol. The second-order valence-electron chi connectivity index (χ2n) is 5.08. The van der Waals surface area contributed by atoms with E-state index in [1.807, 2.05) is 23.7 Å². The van der Waals surface area contributed by atoms with Gasteiger partial charge in [0.15, 0.2) is 0 Å². The minimum absolute atomic E-state index is 0.0475. The average Bonchev–Trinajstić information content (AvgIpc) is 2.66. The van der Waals surface area contributed by atoms with E-state index < -0.39 is 5.97 Å². The third kappa shape index (κ3) is 2.93. The summed E-state index contributed by atoms with van der Waals surface area (Å²) in [5.74, 6) is 0.388. The maximum Gasteiger partial charge on any atom is 0.309 e. The highest BCUT2D eigenvalue weighted by Crippen LogP contribution is 2.26. The first kappa shape index (κ1) is 14.8. The molecule has 0 bridgehead atoms. The number of imidazole rings is 1. The first-order chi connectivity index (χ1) is 9.40. The van der Waals surface area contributed by atoms with Crippen molar-refractivity contribution in [1.82, 2.24) is 9.55 Å². The average molecular weight is 337 g/mol. The number of carboxylic acids is 1. The number of hydrogen-bond acceptors (Lipinski definition) is 2. The van der Waals surface area contributed by atoms with E-state index in [1.54, 1.807) is 0 Å². The number of aliphatic carboxylic acids is 1. The minimum atomic E-state index is -0.865. The number of carbonyl (C=O) groups is 1. The van der Waals surface area contributed by atoms with Gasteiger partial charge in [0.1, 0.15) is 10.4 Å². The smallest absolute Gasteiger partial charge is 0.309 e. The van der Waals surface area contributed by atoms with Crippen molar-refractivity contribution in [3.63, 3.8) is 0 Å². The van der Waals surface area contributed by atoms with Crippen LogP contribution in [0.1, 0.15) is 31.0 Å². The summed E-state index contributed by atoms with van der Waals surface area (Å²) in [6, 6.07) is 8.21. The molecule has 0 aliphatic heterocycles. The highest BCUT2D eigenvalue weighted by Gasteiger charge is 2.16. The lowest BCUT2D eigenvalue weighted by atomic mass is 10.0. The van der Waals surface area contributed by atoms with E-state index in [1.165, 1.54) is 5.56 Å². The van der Waals surface area contributed by atoms with E-state index in [4.69, 9.17) is 5.11 Å². The predicted octanol–water partition coefficient (Wildman–Crippen LogP) is 3.60. The van der Waals surface area contributed by atoms with Crippen molar-refractivity contribution < 1.29 is 9.90 Å². The van der Waals surface area contributed by atoms with Crippen LogP contribution in [0.15, 0.2) is 28.9 Å². The maximum atomic E-state index is 10.9. The first-order valence-corrected chi connectivity index (χ1v) is 7.22. The molecule has 106 valence electrons. The Hall–Kier alpha value is -1.62. The summed E-state index contributed by atoms with van der Waals surface area (Å²) in [5.41, 5.74) is 2.92. The molecule has 0 radical (unpaired) electrons. The zero-order valence-corrected chi connectivity index (χ0v) is 13.3.